The predicted molar refractivity (Wildman–Crippen MR) is 109 cm³/mol. The molecule has 2 aromatic rings. The Balaban J connectivity index is 1.66. The highest BCUT2D eigenvalue weighted by Crippen LogP contribution is 2.32. The van der Waals surface area contributed by atoms with Gasteiger partial charge in [0.2, 0.25) is 0 Å². The standard InChI is InChI=1S/C21H23N3O5/c1-15-6-5-11-23(13-15)18-10-9-16(12-19(18)24(27)28)21(26)29-14-20(25)22-17-7-3-2-4-8-17/h2-4,7-10,12,15H,5-6,11,13-14H2,1H3,(H,22,25)/t15-/m1/s1. The van der Waals surface area contributed by atoms with Crippen molar-refractivity contribution >= 4 is 28.9 Å². The Bertz CT molecular complexity index is 900. The number of nitrogens with zero attached hydrogens (tertiary/aromatic N) is 2. The number of carbonyl (C=O) groups is 2. The SMILES string of the molecule is C[C@@H]1CCCN(c2ccc(C(=O)OCC(=O)Nc3ccccc3)cc2[N+](=O)[O-])C1. The average Bonchev–Trinajstić information content (AvgIpc) is 2.72. The van der Waals surface area contributed by atoms with E-state index in [9.17, 15) is 19.7 Å². The maximum Gasteiger partial charge on any atom is 0.338 e. The normalized spacial score (nSPS) is 16.2. The molecule has 1 aliphatic heterocycles. The average molecular weight is 397 g/mol. The summed E-state index contributed by atoms with van der Waals surface area (Å²) in [5.41, 5.74) is 0.990. The van der Waals surface area contributed by atoms with E-state index < -0.39 is 23.4 Å². The molecule has 0 aromatic heterocycles. The van der Waals surface area contributed by atoms with Crippen molar-refractivity contribution in [1.29, 1.82) is 0 Å². The molecule has 1 aliphatic rings. The number of para-hydroxylation sites is 1. The number of benzene rings is 2. The van der Waals surface area contributed by atoms with Gasteiger partial charge in [-0.15, -0.1) is 0 Å². The van der Waals surface area contributed by atoms with Crippen molar-refractivity contribution in [1.82, 2.24) is 0 Å². The van der Waals surface area contributed by atoms with Gasteiger partial charge in [0, 0.05) is 24.8 Å². The number of piperidine rings is 1. The van der Waals surface area contributed by atoms with Crippen LogP contribution in [-0.2, 0) is 9.53 Å². The minimum absolute atomic E-state index is 0.0398. The first-order valence-corrected chi connectivity index (χ1v) is 9.49. The molecular formula is C21H23N3O5. The molecule has 2 aromatic carbocycles. The summed E-state index contributed by atoms with van der Waals surface area (Å²) >= 11 is 0. The zero-order valence-electron chi connectivity index (χ0n) is 16.2. The molecule has 1 amide bonds. The van der Waals surface area contributed by atoms with Gasteiger partial charge in [-0.05, 0) is 43.0 Å². The zero-order chi connectivity index (χ0) is 20.8. The lowest BCUT2D eigenvalue weighted by Gasteiger charge is -2.32. The summed E-state index contributed by atoms with van der Waals surface area (Å²) in [6.45, 7) is 3.12. The number of nitro benzene ring substituents is 1. The van der Waals surface area contributed by atoms with Crippen LogP contribution in [0.15, 0.2) is 48.5 Å². The van der Waals surface area contributed by atoms with Crippen LogP contribution in [0.3, 0.4) is 0 Å². The monoisotopic (exact) mass is 397 g/mol. The van der Waals surface area contributed by atoms with E-state index in [0.717, 1.165) is 25.9 Å². The number of hydrogen-bond donors (Lipinski definition) is 1. The second-order valence-corrected chi connectivity index (χ2v) is 7.14. The zero-order valence-corrected chi connectivity index (χ0v) is 16.2. The third-order valence-electron chi connectivity index (χ3n) is 4.80. The van der Waals surface area contributed by atoms with Crippen molar-refractivity contribution in [3.63, 3.8) is 0 Å². The van der Waals surface area contributed by atoms with Gasteiger partial charge in [0.1, 0.15) is 5.69 Å². The second kappa shape index (κ2) is 9.18. The van der Waals surface area contributed by atoms with E-state index >= 15 is 0 Å². The van der Waals surface area contributed by atoms with Crippen LogP contribution in [-0.4, -0.2) is 36.5 Å². The molecule has 0 radical (unpaired) electrons. The number of hydrogen-bond acceptors (Lipinski definition) is 6. The fourth-order valence-corrected chi connectivity index (χ4v) is 3.41. The molecule has 3 rings (SSSR count). The van der Waals surface area contributed by atoms with Gasteiger partial charge in [-0.2, -0.15) is 0 Å². The first-order valence-electron chi connectivity index (χ1n) is 9.49. The number of carbonyl (C=O) groups excluding carboxylic acids is 2. The van der Waals surface area contributed by atoms with Crippen LogP contribution in [0.25, 0.3) is 0 Å². The van der Waals surface area contributed by atoms with E-state index in [1.54, 1.807) is 30.3 Å². The van der Waals surface area contributed by atoms with Gasteiger partial charge in [0.25, 0.3) is 11.6 Å². The van der Waals surface area contributed by atoms with Gasteiger partial charge >= 0.3 is 5.97 Å². The molecule has 8 nitrogen and oxygen atoms in total. The van der Waals surface area contributed by atoms with E-state index in [4.69, 9.17) is 4.74 Å². The number of ether oxygens (including phenoxy) is 1. The number of amides is 1. The highest BCUT2D eigenvalue weighted by Gasteiger charge is 2.25. The van der Waals surface area contributed by atoms with Crippen LogP contribution < -0.4 is 10.2 Å². The number of rotatable bonds is 6. The number of esters is 1. The lowest BCUT2D eigenvalue weighted by atomic mass is 9.99. The fraction of sp³-hybridized carbons (Fsp3) is 0.333. The van der Waals surface area contributed by atoms with Gasteiger partial charge in [0.05, 0.1) is 10.5 Å². The van der Waals surface area contributed by atoms with E-state index in [0.29, 0.717) is 17.3 Å². The molecule has 8 heteroatoms. The summed E-state index contributed by atoms with van der Waals surface area (Å²) in [5.74, 6) is -0.816. The second-order valence-electron chi connectivity index (χ2n) is 7.14. The predicted octanol–water partition coefficient (Wildman–Crippen LogP) is 3.63. The minimum Gasteiger partial charge on any atom is -0.452 e. The molecule has 1 N–H and O–H groups in total. The first-order chi connectivity index (χ1) is 13.9. The van der Waals surface area contributed by atoms with Crippen LogP contribution in [0, 0.1) is 16.0 Å². The van der Waals surface area contributed by atoms with Gasteiger partial charge in [-0.3, -0.25) is 14.9 Å². The maximum absolute atomic E-state index is 12.3. The summed E-state index contributed by atoms with van der Waals surface area (Å²) < 4.78 is 5.01. The van der Waals surface area contributed by atoms with Crippen molar-refractivity contribution < 1.29 is 19.2 Å². The van der Waals surface area contributed by atoms with Crippen LogP contribution >= 0.6 is 0 Å². The van der Waals surface area contributed by atoms with Crippen LogP contribution in [0.4, 0.5) is 17.1 Å². The highest BCUT2D eigenvalue weighted by molar-refractivity contribution is 5.96. The van der Waals surface area contributed by atoms with Crippen molar-refractivity contribution in [2.45, 2.75) is 19.8 Å². The lowest BCUT2D eigenvalue weighted by molar-refractivity contribution is -0.384. The Hall–Kier alpha value is -3.42. The van der Waals surface area contributed by atoms with Gasteiger partial charge < -0.3 is 15.0 Å². The molecule has 29 heavy (non-hydrogen) atoms. The molecular weight excluding hydrogens is 374 g/mol. The van der Waals surface area contributed by atoms with Gasteiger partial charge in [-0.25, -0.2) is 4.79 Å². The Labute approximate surface area is 168 Å². The molecule has 1 fully saturated rings. The summed E-state index contributed by atoms with van der Waals surface area (Å²) in [5, 5.41) is 14.2. The number of nitrogens with one attached hydrogen (secondary N) is 1. The molecule has 0 saturated carbocycles. The molecule has 1 atom stereocenters. The fourth-order valence-electron chi connectivity index (χ4n) is 3.41. The minimum atomic E-state index is -0.783. The highest BCUT2D eigenvalue weighted by atomic mass is 16.6. The van der Waals surface area contributed by atoms with Crippen molar-refractivity contribution in [2.75, 3.05) is 29.9 Å². The third-order valence-corrected chi connectivity index (χ3v) is 4.80. The quantitative estimate of drug-likeness (QED) is 0.454. The Morgan fingerprint density at radius 3 is 2.69 bits per heavy atom. The topological polar surface area (TPSA) is 102 Å². The van der Waals surface area contributed by atoms with Crippen molar-refractivity contribution in [3.8, 4) is 0 Å². The van der Waals surface area contributed by atoms with E-state index in [1.165, 1.54) is 12.1 Å². The molecule has 0 unspecified atom stereocenters. The van der Waals surface area contributed by atoms with E-state index in [2.05, 4.69) is 12.2 Å². The summed E-state index contributed by atoms with van der Waals surface area (Å²) in [6, 6.07) is 13.1. The Kier molecular flexibility index (Phi) is 6.43. The first kappa shape index (κ1) is 20.3. The van der Waals surface area contributed by atoms with Crippen LogP contribution in [0.5, 0.6) is 0 Å². The van der Waals surface area contributed by atoms with Crippen LogP contribution in [0.1, 0.15) is 30.1 Å². The van der Waals surface area contributed by atoms with Crippen LogP contribution in [0.2, 0.25) is 0 Å². The number of nitro groups is 1. The van der Waals surface area contributed by atoms with Gasteiger partial charge in [0.15, 0.2) is 6.61 Å². The molecule has 1 saturated heterocycles. The molecule has 0 aliphatic carbocycles. The summed E-state index contributed by atoms with van der Waals surface area (Å²) in [7, 11) is 0. The molecule has 0 bridgehead atoms. The summed E-state index contributed by atoms with van der Waals surface area (Å²) in [6.07, 6.45) is 2.07. The van der Waals surface area contributed by atoms with Gasteiger partial charge in [-0.1, -0.05) is 25.1 Å². The van der Waals surface area contributed by atoms with Crippen molar-refractivity contribution in [3.05, 3.63) is 64.2 Å². The smallest absolute Gasteiger partial charge is 0.338 e. The number of anilines is 2. The lowest BCUT2D eigenvalue weighted by Crippen LogP contribution is -2.34. The van der Waals surface area contributed by atoms with E-state index in [-0.39, 0.29) is 11.3 Å². The Morgan fingerprint density at radius 2 is 2.00 bits per heavy atom. The molecule has 1 heterocycles. The largest absolute Gasteiger partial charge is 0.452 e. The van der Waals surface area contributed by atoms with E-state index in [1.807, 2.05) is 11.0 Å². The summed E-state index contributed by atoms with van der Waals surface area (Å²) in [4.78, 5) is 37.2. The maximum atomic E-state index is 12.3. The Morgan fingerprint density at radius 1 is 1.24 bits per heavy atom. The van der Waals surface area contributed by atoms with Crippen molar-refractivity contribution in [2.24, 2.45) is 5.92 Å². The third kappa shape index (κ3) is 5.31. The molecule has 152 valence electrons. The molecule has 0 spiro atoms.